The van der Waals surface area contributed by atoms with Gasteiger partial charge in [0, 0.05) is 6.04 Å². The summed E-state index contributed by atoms with van der Waals surface area (Å²) in [5.41, 5.74) is 6.92. The molecule has 116 valence electrons. The number of nitrogens with two attached hydrogens (primary N) is 1. The van der Waals surface area contributed by atoms with Gasteiger partial charge in [0.05, 0.1) is 5.69 Å². The van der Waals surface area contributed by atoms with Crippen LogP contribution >= 0.6 is 0 Å². The second kappa shape index (κ2) is 5.20. The lowest BCUT2D eigenvalue weighted by molar-refractivity contribution is 0.0690. The standard InChI is InChI=1S/C16H25N3O2/c1-15(2)7-10(8-16(3,4)9-15)18-13-11(17)5-6-12(19-13)14(20)21/h5-6,10H,7-9,17H2,1-4H3,(H,18,19)(H,20,21). The molecule has 5 nitrogen and oxygen atoms in total. The first-order chi connectivity index (χ1) is 9.58. The molecule has 0 unspecified atom stereocenters. The highest BCUT2D eigenvalue weighted by Gasteiger charge is 2.38. The Kier molecular flexibility index (Phi) is 3.87. The minimum absolute atomic E-state index is 0.0148. The summed E-state index contributed by atoms with van der Waals surface area (Å²) in [7, 11) is 0. The average Bonchev–Trinajstić information content (AvgIpc) is 2.27. The number of carboxylic acid groups (broad SMARTS) is 1. The van der Waals surface area contributed by atoms with E-state index >= 15 is 0 Å². The van der Waals surface area contributed by atoms with Gasteiger partial charge in [-0.3, -0.25) is 0 Å². The summed E-state index contributed by atoms with van der Waals surface area (Å²) in [6.45, 7) is 9.08. The maximum atomic E-state index is 11.0. The number of nitrogens with one attached hydrogen (secondary N) is 1. The van der Waals surface area contributed by atoms with Crippen molar-refractivity contribution in [3.05, 3.63) is 17.8 Å². The number of anilines is 2. The molecule has 5 heteroatoms. The van der Waals surface area contributed by atoms with Crippen molar-refractivity contribution in [3.63, 3.8) is 0 Å². The molecule has 0 amide bonds. The molecule has 0 aliphatic heterocycles. The Labute approximate surface area is 126 Å². The van der Waals surface area contributed by atoms with Gasteiger partial charge in [0.15, 0.2) is 5.69 Å². The highest BCUT2D eigenvalue weighted by atomic mass is 16.4. The van der Waals surface area contributed by atoms with Crippen LogP contribution in [0.2, 0.25) is 0 Å². The predicted octanol–water partition coefficient (Wildman–Crippen LogP) is 3.38. The normalized spacial score (nSPS) is 21.0. The van der Waals surface area contributed by atoms with Gasteiger partial charge in [-0.2, -0.15) is 0 Å². The Hall–Kier alpha value is -1.78. The van der Waals surface area contributed by atoms with E-state index in [0.717, 1.165) is 12.8 Å². The van der Waals surface area contributed by atoms with Gasteiger partial charge in [0.25, 0.3) is 0 Å². The maximum absolute atomic E-state index is 11.0. The molecule has 0 spiro atoms. The van der Waals surface area contributed by atoms with Crippen LogP contribution in [0.5, 0.6) is 0 Å². The van der Waals surface area contributed by atoms with Crippen molar-refractivity contribution in [3.8, 4) is 0 Å². The molecule has 1 fully saturated rings. The van der Waals surface area contributed by atoms with E-state index < -0.39 is 5.97 Å². The number of rotatable bonds is 3. The number of carbonyl (C=O) groups is 1. The first kappa shape index (κ1) is 15.6. The van der Waals surface area contributed by atoms with E-state index in [0.29, 0.717) is 11.5 Å². The molecule has 21 heavy (non-hydrogen) atoms. The average molecular weight is 291 g/mol. The van der Waals surface area contributed by atoms with Crippen LogP contribution in [0, 0.1) is 10.8 Å². The SMILES string of the molecule is CC1(C)CC(Nc2nc(C(=O)O)ccc2N)CC(C)(C)C1. The van der Waals surface area contributed by atoms with E-state index in [9.17, 15) is 4.79 Å². The van der Waals surface area contributed by atoms with Crippen molar-refractivity contribution in [1.29, 1.82) is 0 Å². The van der Waals surface area contributed by atoms with E-state index in [1.807, 2.05) is 0 Å². The van der Waals surface area contributed by atoms with Gasteiger partial charge in [-0.15, -0.1) is 0 Å². The monoisotopic (exact) mass is 291 g/mol. The zero-order chi connectivity index (χ0) is 15.8. The van der Waals surface area contributed by atoms with Crippen molar-refractivity contribution in [1.82, 2.24) is 4.98 Å². The van der Waals surface area contributed by atoms with Gasteiger partial charge in [-0.05, 0) is 42.2 Å². The first-order valence-electron chi connectivity index (χ1n) is 7.34. The zero-order valence-electron chi connectivity index (χ0n) is 13.2. The van der Waals surface area contributed by atoms with Crippen molar-refractivity contribution >= 4 is 17.5 Å². The van der Waals surface area contributed by atoms with Crippen LogP contribution in [-0.2, 0) is 0 Å². The fourth-order valence-corrected chi connectivity index (χ4v) is 3.85. The Morgan fingerprint density at radius 2 is 1.86 bits per heavy atom. The molecule has 1 aromatic rings. The van der Waals surface area contributed by atoms with Crippen LogP contribution in [0.3, 0.4) is 0 Å². The summed E-state index contributed by atoms with van der Waals surface area (Å²) in [4.78, 5) is 15.2. The minimum atomic E-state index is -1.04. The van der Waals surface area contributed by atoms with Crippen LogP contribution in [0.4, 0.5) is 11.5 Å². The molecule has 2 rings (SSSR count). The fraction of sp³-hybridized carbons (Fsp3) is 0.625. The van der Waals surface area contributed by atoms with E-state index in [1.54, 1.807) is 6.07 Å². The van der Waals surface area contributed by atoms with Crippen LogP contribution < -0.4 is 11.1 Å². The van der Waals surface area contributed by atoms with Crippen LogP contribution in [0.25, 0.3) is 0 Å². The second-order valence-corrected chi connectivity index (χ2v) is 7.69. The van der Waals surface area contributed by atoms with Crippen LogP contribution in [-0.4, -0.2) is 22.1 Å². The molecule has 4 N–H and O–H groups in total. The molecule has 1 aromatic heterocycles. The Morgan fingerprint density at radius 3 is 2.38 bits per heavy atom. The van der Waals surface area contributed by atoms with Crippen LogP contribution in [0.15, 0.2) is 12.1 Å². The van der Waals surface area contributed by atoms with E-state index in [4.69, 9.17) is 10.8 Å². The van der Waals surface area contributed by atoms with Crippen molar-refractivity contribution < 1.29 is 9.90 Å². The Morgan fingerprint density at radius 1 is 1.29 bits per heavy atom. The third kappa shape index (κ3) is 3.86. The first-order valence-corrected chi connectivity index (χ1v) is 7.34. The number of hydrogen-bond acceptors (Lipinski definition) is 4. The third-order valence-electron chi connectivity index (χ3n) is 4.04. The van der Waals surface area contributed by atoms with Gasteiger partial charge in [-0.25, -0.2) is 9.78 Å². The molecule has 0 saturated heterocycles. The Balaban J connectivity index is 2.21. The number of carboxylic acids is 1. The molecular weight excluding hydrogens is 266 g/mol. The summed E-state index contributed by atoms with van der Waals surface area (Å²) in [5.74, 6) is -0.559. The lowest BCUT2D eigenvalue weighted by Gasteiger charge is -2.45. The van der Waals surface area contributed by atoms with Crippen molar-refractivity contribution in [2.45, 2.75) is 53.0 Å². The molecule has 1 aliphatic carbocycles. The predicted molar refractivity (Wildman–Crippen MR) is 84.4 cm³/mol. The minimum Gasteiger partial charge on any atom is -0.477 e. The Bertz CT molecular complexity index is 536. The number of nitrogen functional groups attached to an aromatic ring is 1. The van der Waals surface area contributed by atoms with Crippen molar-refractivity contribution in [2.75, 3.05) is 11.1 Å². The summed E-state index contributed by atoms with van der Waals surface area (Å²) in [6, 6.07) is 3.28. The number of aromatic carboxylic acids is 1. The lowest BCUT2D eigenvalue weighted by Crippen LogP contribution is -2.40. The molecule has 0 radical (unpaired) electrons. The molecule has 0 atom stereocenters. The zero-order valence-corrected chi connectivity index (χ0v) is 13.2. The number of nitrogens with zero attached hydrogens (tertiary/aromatic N) is 1. The third-order valence-corrected chi connectivity index (χ3v) is 4.04. The van der Waals surface area contributed by atoms with Crippen molar-refractivity contribution in [2.24, 2.45) is 10.8 Å². The van der Waals surface area contributed by atoms with Crippen LogP contribution in [0.1, 0.15) is 57.4 Å². The summed E-state index contributed by atoms with van der Waals surface area (Å²) < 4.78 is 0. The maximum Gasteiger partial charge on any atom is 0.354 e. The van der Waals surface area contributed by atoms with Gasteiger partial charge in [0.1, 0.15) is 5.82 Å². The molecule has 1 aliphatic rings. The number of pyridine rings is 1. The molecule has 0 bridgehead atoms. The largest absolute Gasteiger partial charge is 0.477 e. The second-order valence-electron chi connectivity index (χ2n) is 7.69. The summed E-state index contributed by atoms with van der Waals surface area (Å²) in [5, 5.41) is 12.4. The highest BCUT2D eigenvalue weighted by Crippen LogP contribution is 2.46. The lowest BCUT2D eigenvalue weighted by atomic mass is 9.63. The number of hydrogen-bond donors (Lipinski definition) is 3. The highest BCUT2D eigenvalue weighted by molar-refractivity contribution is 5.86. The molecule has 1 heterocycles. The van der Waals surface area contributed by atoms with E-state index in [2.05, 4.69) is 38.0 Å². The van der Waals surface area contributed by atoms with Gasteiger partial charge >= 0.3 is 5.97 Å². The molecule has 1 saturated carbocycles. The fourth-order valence-electron chi connectivity index (χ4n) is 3.85. The smallest absolute Gasteiger partial charge is 0.354 e. The summed E-state index contributed by atoms with van der Waals surface area (Å²) >= 11 is 0. The van der Waals surface area contributed by atoms with Gasteiger partial charge in [0.2, 0.25) is 0 Å². The molecule has 0 aromatic carbocycles. The van der Waals surface area contributed by atoms with Gasteiger partial charge in [-0.1, -0.05) is 27.7 Å². The number of aromatic nitrogens is 1. The van der Waals surface area contributed by atoms with E-state index in [-0.39, 0.29) is 22.6 Å². The topological polar surface area (TPSA) is 88.2 Å². The summed E-state index contributed by atoms with van der Waals surface area (Å²) in [6.07, 6.45) is 3.22. The molecular formula is C16H25N3O2. The van der Waals surface area contributed by atoms with Gasteiger partial charge < -0.3 is 16.2 Å². The quantitative estimate of drug-likeness (QED) is 0.794. The van der Waals surface area contributed by atoms with E-state index in [1.165, 1.54) is 12.5 Å².